The van der Waals surface area contributed by atoms with Gasteiger partial charge in [0.1, 0.15) is 11.9 Å². The summed E-state index contributed by atoms with van der Waals surface area (Å²) in [4.78, 5) is 38.1. The number of carbonyl (C=O) groups excluding carboxylic acids is 3. The summed E-state index contributed by atoms with van der Waals surface area (Å²) in [5.41, 5.74) is 5.70. The first kappa shape index (κ1) is 17.3. The number of hydrazine groups is 1. The number of hydrogen-bond acceptors (Lipinski definition) is 3. The first-order valence-electron chi connectivity index (χ1n) is 7.88. The summed E-state index contributed by atoms with van der Waals surface area (Å²) in [5.74, 6) is -2.46. The van der Waals surface area contributed by atoms with Crippen LogP contribution in [0.3, 0.4) is 0 Å². The van der Waals surface area contributed by atoms with Crippen molar-refractivity contribution in [1.29, 1.82) is 0 Å². The summed E-state index contributed by atoms with van der Waals surface area (Å²) in [6.45, 7) is 5.39. The number of fused-ring (bicyclic) bond motifs is 1. The molecule has 0 saturated carbocycles. The van der Waals surface area contributed by atoms with Crippen LogP contribution < -0.4 is 10.9 Å². The van der Waals surface area contributed by atoms with E-state index in [0.717, 1.165) is 6.07 Å². The molecule has 132 valence electrons. The van der Waals surface area contributed by atoms with Crippen molar-refractivity contribution in [3.63, 3.8) is 0 Å². The molecule has 1 unspecified atom stereocenters. The van der Waals surface area contributed by atoms with Gasteiger partial charge in [0.15, 0.2) is 0 Å². The highest BCUT2D eigenvalue weighted by Crippen LogP contribution is 2.32. The minimum Gasteiger partial charge on any atom is -0.296 e. The molecule has 3 amide bonds. The lowest BCUT2D eigenvalue weighted by Crippen LogP contribution is -2.51. The average Bonchev–Trinajstić information content (AvgIpc) is 2.90. The van der Waals surface area contributed by atoms with Crippen molar-refractivity contribution in [2.75, 3.05) is 0 Å². The normalized spacial score (nSPS) is 14.0. The lowest BCUT2D eigenvalue weighted by molar-refractivity contribution is -0.125. The largest absolute Gasteiger partial charge is 0.296 e. The highest BCUT2D eigenvalue weighted by Gasteiger charge is 2.36. The summed E-state index contributed by atoms with van der Waals surface area (Å²) >= 11 is 0. The molecule has 2 aromatic rings. The molecule has 0 spiro atoms. The van der Waals surface area contributed by atoms with Crippen LogP contribution in [0.1, 0.15) is 33.2 Å². The van der Waals surface area contributed by atoms with E-state index in [1.54, 1.807) is 24.3 Å². The van der Waals surface area contributed by atoms with Gasteiger partial charge in [-0.25, -0.2) is 4.39 Å². The summed E-state index contributed by atoms with van der Waals surface area (Å²) in [5, 5.41) is 0. The minimum absolute atomic E-state index is 0.200. The second kappa shape index (κ2) is 6.79. The smallest absolute Gasteiger partial charge is 0.272 e. The van der Waals surface area contributed by atoms with Crippen molar-refractivity contribution in [1.82, 2.24) is 15.8 Å². The Morgan fingerprint density at radius 3 is 2.31 bits per heavy atom. The third-order valence-electron chi connectivity index (χ3n) is 4.16. The first-order chi connectivity index (χ1) is 12.4. The van der Waals surface area contributed by atoms with Crippen molar-refractivity contribution in [3.05, 3.63) is 77.6 Å². The fourth-order valence-electron chi connectivity index (χ4n) is 2.77. The second-order valence-corrected chi connectivity index (χ2v) is 5.77. The highest BCUT2D eigenvalue weighted by atomic mass is 19.1. The van der Waals surface area contributed by atoms with Crippen LogP contribution >= 0.6 is 0 Å². The zero-order chi connectivity index (χ0) is 18.8. The summed E-state index contributed by atoms with van der Waals surface area (Å²) in [6.07, 6.45) is 0. The van der Waals surface area contributed by atoms with Crippen LogP contribution in [0.4, 0.5) is 4.39 Å². The number of carbonyl (C=O) groups is 3. The van der Waals surface area contributed by atoms with Crippen LogP contribution in [-0.2, 0) is 4.79 Å². The molecule has 2 aromatic carbocycles. The van der Waals surface area contributed by atoms with Gasteiger partial charge in [-0.05, 0) is 25.1 Å². The molecule has 26 heavy (non-hydrogen) atoms. The van der Waals surface area contributed by atoms with Gasteiger partial charge in [-0.3, -0.25) is 30.1 Å². The SMILES string of the molecule is C=C1c2ccccc2C(=O)N1C(C)C(=O)NNC(=O)c1ccccc1F. The molecule has 0 saturated heterocycles. The quantitative estimate of drug-likeness (QED) is 0.830. The minimum atomic E-state index is -0.914. The molecule has 1 heterocycles. The van der Waals surface area contributed by atoms with Gasteiger partial charge >= 0.3 is 0 Å². The lowest BCUT2D eigenvalue weighted by Gasteiger charge is -2.24. The van der Waals surface area contributed by atoms with Gasteiger partial charge in [0, 0.05) is 16.8 Å². The first-order valence-corrected chi connectivity index (χ1v) is 7.88. The number of nitrogens with one attached hydrogen (secondary N) is 2. The van der Waals surface area contributed by atoms with Crippen molar-refractivity contribution >= 4 is 23.4 Å². The van der Waals surface area contributed by atoms with Crippen LogP contribution in [0.15, 0.2) is 55.1 Å². The summed E-state index contributed by atoms with van der Waals surface area (Å²) in [6, 6.07) is 11.4. The number of nitrogens with zero attached hydrogens (tertiary/aromatic N) is 1. The van der Waals surface area contributed by atoms with Gasteiger partial charge in [0.25, 0.3) is 17.7 Å². The van der Waals surface area contributed by atoms with Gasteiger partial charge in [-0.1, -0.05) is 36.9 Å². The fraction of sp³-hybridized carbons (Fsp3) is 0.105. The molecule has 2 N–H and O–H groups in total. The lowest BCUT2D eigenvalue weighted by atomic mass is 10.1. The Hall–Kier alpha value is -3.48. The standard InChI is InChI=1S/C19H16FN3O3/c1-11-13-7-3-4-8-14(13)19(26)23(11)12(2)17(24)21-22-18(25)15-9-5-6-10-16(15)20/h3-10,12H,1H2,2H3,(H,21,24)(H,22,25). The molecule has 0 aliphatic carbocycles. The third kappa shape index (κ3) is 2.95. The van der Waals surface area contributed by atoms with Crippen LogP contribution in [0.2, 0.25) is 0 Å². The number of benzene rings is 2. The van der Waals surface area contributed by atoms with E-state index in [0.29, 0.717) is 16.8 Å². The second-order valence-electron chi connectivity index (χ2n) is 5.77. The molecular weight excluding hydrogens is 337 g/mol. The Kier molecular flexibility index (Phi) is 4.53. The van der Waals surface area contributed by atoms with E-state index < -0.39 is 23.7 Å². The monoisotopic (exact) mass is 353 g/mol. The van der Waals surface area contributed by atoms with Crippen molar-refractivity contribution in [2.24, 2.45) is 0 Å². The Labute approximate surface area is 149 Å². The predicted octanol–water partition coefficient (Wildman–Crippen LogP) is 2.10. The average molecular weight is 353 g/mol. The maximum Gasteiger partial charge on any atom is 0.272 e. The Balaban J connectivity index is 1.68. The topological polar surface area (TPSA) is 78.5 Å². The molecule has 7 heteroatoms. The van der Waals surface area contributed by atoms with E-state index in [-0.39, 0.29) is 11.5 Å². The van der Waals surface area contributed by atoms with Crippen molar-refractivity contribution < 1.29 is 18.8 Å². The van der Waals surface area contributed by atoms with E-state index in [1.807, 2.05) is 0 Å². The highest BCUT2D eigenvalue weighted by molar-refractivity contribution is 6.11. The van der Waals surface area contributed by atoms with Crippen LogP contribution in [0.5, 0.6) is 0 Å². The fourth-order valence-corrected chi connectivity index (χ4v) is 2.77. The predicted molar refractivity (Wildman–Crippen MR) is 93.1 cm³/mol. The molecule has 0 aromatic heterocycles. The summed E-state index contributed by atoms with van der Waals surface area (Å²) in [7, 11) is 0. The Morgan fingerprint density at radius 1 is 1.04 bits per heavy atom. The van der Waals surface area contributed by atoms with E-state index in [2.05, 4.69) is 17.4 Å². The Bertz CT molecular complexity index is 891. The van der Waals surface area contributed by atoms with Crippen LogP contribution in [0, 0.1) is 5.82 Å². The number of halogens is 1. The molecule has 0 fully saturated rings. The zero-order valence-corrected chi connectivity index (χ0v) is 14.0. The molecule has 1 atom stereocenters. The number of rotatable bonds is 3. The van der Waals surface area contributed by atoms with Gasteiger partial charge in [-0.2, -0.15) is 0 Å². The van der Waals surface area contributed by atoms with Crippen molar-refractivity contribution in [3.8, 4) is 0 Å². The third-order valence-corrected chi connectivity index (χ3v) is 4.16. The number of amides is 3. The molecule has 6 nitrogen and oxygen atoms in total. The molecule has 0 radical (unpaired) electrons. The van der Waals surface area contributed by atoms with Crippen LogP contribution in [0.25, 0.3) is 5.70 Å². The van der Waals surface area contributed by atoms with E-state index >= 15 is 0 Å². The van der Waals surface area contributed by atoms with E-state index in [4.69, 9.17) is 0 Å². The molecule has 0 bridgehead atoms. The van der Waals surface area contributed by atoms with Gasteiger partial charge in [0.2, 0.25) is 0 Å². The van der Waals surface area contributed by atoms with Crippen molar-refractivity contribution in [2.45, 2.75) is 13.0 Å². The van der Waals surface area contributed by atoms with Gasteiger partial charge < -0.3 is 0 Å². The molecule has 1 aliphatic heterocycles. The molecular formula is C19H16FN3O3. The zero-order valence-electron chi connectivity index (χ0n) is 14.0. The molecule has 3 rings (SSSR count). The van der Waals surface area contributed by atoms with E-state index in [9.17, 15) is 18.8 Å². The van der Waals surface area contributed by atoms with Gasteiger partial charge in [0.05, 0.1) is 5.56 Å². The molecule has 1 aliphatic rings. The summed E-state index contributed by atoms with van der Waals surface area (Å²) < 4.78 is 13.6. The van der Waals surface area contributed by atoms with Gasteiger partial charge in [-0.15, -0.1) is 0 Å². The van der Waals surface area contributed by atoms with E-state index in [1.165, 1.54) is 30.0 Å². The van der Waals surface area contributed by atoms with Crippen LogP contribution in [-0.4, -0.2) is 28.7 Å². The Morgan fingerprint density at radius 2 is 1.65 bits per heavy atom. The maximum atomic E-state index is 13.6. The number of hydrogen-bond donors (Lipinski definition) is 2. The maximum absolute atomic E-state index is 13.6.